The highest BCUT2D eigenvalue weighted by atomic mass is 32.2. The summed E-state index contributed by atoms with van der Waals surface area (Å²) in [5, 5.41) is 0. The normalized spacial score (nSPS) is 18.0. The van der Waals surface area contributed by atoms with Gasteiger partial charge in [0, 0.05) is 13.1 Å². The predicted molar refractivity (Wildman–Crippen MR) is 75.2 cm³/mol. The fourth-order valence-corrected chi connectivity index (χ4v) is 3.22. The van der Waals surface area contributed by atoms with Crippen molar-refractivity contribution >= 4 is 27.7 Å². The smallest absolute Gasteiger partial charge is 0.240 e. The van der Waals surface area contributed by atoms with Crippen molar-refractivity contribution in [3.63, 3.8) is 0 Å². The fraction of sp³-hybridized carbons (Fsp3) is 0.909. The molecule has 1 aliphatic rings. The topological polar surface area (TPSA) is 66.5 Å². The SMILES string of the molecule is CCS(=O)(=O)NC(CCSC)C(=O)N1CCCC1. The first-order valence-electron chi connectivity index (χ1n) is 6.28. The molecule has 0 aromatic heterocycles. The molecule has 18 heavy (non-hydrogen) atoms. The number of rotatable bonds is 7. The van der Waals surface area contributed by atoms with E-state index in [1.54, 1.807) is 23.6 Å². The summed E-state index contributed by atoms with van der Waals surface area (Å²) in [4.78, 5) is 14.0. The molecule has 1 amide bonds. The standard InChI is InChI=1S/C11H22N2O3S2/c1-3-18(15,16)12-10(6-9-17-2)11(14)13-7-4-5-8-13/h10,12H,3-9H2,1-2H3. The first-order chi connectivity index (χ1) is 8.50. The number of amides is 1. The molecule has 0 aromatic carbocycles. The summed E-state index contributed by atoms with van der Waals surface area (Å²) >= 11 is 1.62. The third-order valence-electron chi connectivity index (χ3n) is 3.03. The zero-order valence-electron chi connectivity index (χ0n) is 11.0. The maximum absolute atomic E-state index is 12.2. The maximum Gasteiger partial charge on any atom is 0.240 e. The number of sulfonamides is 1. The Morgan fingerprint density at radius 3 is 2.50 bits per heavy atom. The second-order valence-corrected chi connectivity index (χ2v) is 7.42. The van der Waals surface area contributed by atoms with Gasteiger partial charge in [0.05, 0.1) is 5.75 Å². The van der Waals surface area contributed by atoms with Crippen LogP contribution in [0, 0.1) is 0 Å². The van der Waals surface area contributed by atoms with E-state index in [1.165, 1.54) is 0 Å². The third kappa shape index (κ3) is 4.78. The Balaban J connectivity index is 2.67. The summed E-state index contributed by atoms with van der Waals surface area (Å²) < 4.78 is 25.7. The van der Waals surface area contributed by atoms with E-state index < -0.39 is 16.1 Å². The number of carbonyl (C=O) groups excluding carboxylic acids is 1. The lowest BCUT2D eigenvalue weighted by molar-refractivity contribution is -0.131. The number of hydrogen-bond acceptors (Lipinski definition) is 4. The van der Waals surface area contributed by atoms with Gasteiger partial charge in [-0.2, -0.15) is 11.8 Å². The Hall–Kier alpha value is -0.270. The van der Waals surface area contributed by atoms with Crippen molar-refractivity contribution in [1.29, 1.82) is 0 Å². The van der Waals surface area contributed by atoms with Crippen LogP contribution in [0.25, 0.3) is 0 Å². The van der Waals surface area contributed by atoms with E-state index in [1.807, 2.05) is 6.26 Å². The maximum atomic E-state index is 12.2. The first-order valence-corrected chi connectivity index (χ1v) is 9.32. The molecule has 106 valence electrons. The van der Waals surface area contributed by atoms with Crippen molar-refractivity contribution < 1.29 is 13.2 Å². The molecule has 7 heteroatoms. The van der Waals surface area contributed by atoms with E-state index in [4.69, 9.17) is 0 Å². The zero-order chi connectivity index (χ0) is 13.6. The molecule has 1 N–H and O–H groups in total. The largest absolute Gasteiger partial charge is 0.341 e. The highest BCUT2D eigenvalue weighted by Crippen LogP contribution is 2.12. The van der Waals surface area contributed by atoms with Gasteiger partial charge in [-0.15, -0.1) is 0 Å². The van der Waals surface area contributed by atoms with E-state index >= 15 is 0 Å². The average Bonchev–Trinajstić information content (AvgIpc) is 2.87. The molecule has 0 spiro atoms. The minimum Gasteiger partial charge on any atom is -0.341 e. The quantitative estimate of drug-likeness (QED) is 0.749. The van der Waals surface area contributed by atoms with Crippen LogP contribution in [0.15, 0.2) is 0 Å². The monoisotopic (exact) mass is 294 g/mol. The second kappa shape index (κ2) is 7.35. The number of hydrogen-bond donors (Lipinski definition) is 1. The molecule has 1 heterocycles. The van der Waals surface area contributed by atoms with Gasteiger partial charge in [0.15, 0.2) is 0 Å². The third-order valence-corrected chi connectivity index (χ3v) is 5.08. The lowest BCUT2D eigenvalue weighted by Gasteiger charge is -2.23. The van der Waals surface area contributed by atoms with Crippen molar-refractivity contribution in [3.05, 3.63) is 0 Å². The molecule has 5 nitrogen and oxygen atoms in total. The van der Waals surface area contributed by atoms with Gasteiger partial charge in [0.2, 0.25) is 15.9 Å². The van der Waals surface area contributed by atoms with Crippen molar-refractivity contribution in [2.75, 3.05) is 30.9 Å². The lowest BCUT2D eigenvalue weighted by Crippen LogP contribution is -2.48. The van der Waals surface area contributed by atoms with Gasteiger partial charge in [-0.05, 0) is 38.2 Å². The van der Waals surface area contributed by atoms with E-state index in [2.05, 4.69) is 4.72 Å². The highest BCUT2D eigenvalue weighted by Gasteiger charge is 2.28. The fourth-order valence-electron chi connectivity index (χ4n) is 1.93. The van der Waals surface area contributed by atoms with Gasteiger partial charge < -0.3 is 4.90 Å². The molecule has 1 unspecified atom stereocenters. The van der Waals surface area contributed by atoms with E-state index in [9.17, 15) is 13.2 Å². The van der Waals surface area contributed by atoms with Crippen molar-refractivity contribution in [2.45, 2.75) is 32.2 Å². The molecule has 0 radical (unpaired) electrons. The van der Waals surface area contributed by atoms with Crippen LogP contribution < -0.4 is 4.72 Å². The van der Waals surface area contributed by atoms with Crippen LogP contribution in [0.3, 0.4) is 0 Å². The molecular weight excluding hydrogens is 272 g/mol. The summed E-state index contributed by atoms with van der Waals surface area (Å²) in [6.07, 6.45) is 4.53. The molecule has 1 atom stereocenters. The number of likely N-dealkylation sites (tertiary alicyclic amines) is 1. The van der Waals surface area contributed by atoms with Gasteiger partial charge in [-0.1, -0.05) is 0 Å². The summed E-state index contributed by atoms with van der Waals surface area (Å²) in [5.41, 5.74) is 0. The van der Waals surface area contributed by atoms with Gasteiger partial charge >= 0.3 is 0 Å². The number of carbonyl (C=O) groups is 1. The molecular formula is C11H22N2O3S2. The van der Waals surface area contributed by atoms with Crippen LogP contribution in [0.5, 0.6) is 0 Å². The van der Waals surface area contributed by atoms with Gasteiger partial charge in [0.1, 0.15) is 6.04 Å². The Bertz CT molecular complexity index is 364. The van der Waals surface area contributed by atoms with Crippen LogP contribution >= 0.6 is 11.8 Å². The number of nitrogens with one attached hydrogen (secondary N) is 1. The van der Waals surface area contributed by atoms with Crippen LogP contribution in [0.1, 0.15) is 26.2 Å². The molecule has 1 saturated heterocycles. The molecule has 1 fully saturated rings. The minimum atomic E-state index is -3.33. The van der Waals surface area contributed by atoms with Crippen LogP contribution in [-0.4, -0.2) is 56.1 Å². The van der Waals surface area contributed by atoms with Crippen LogP contribution in [0.4, 0.5) is 0 Å². The van der Waals surface area contributed by atoms with E-state index in [0.29, 0.717) is 6.42 Å². The molecule has 1 rings (SSSR count). The average molecular weight is 294 g/mol. The van der Waals surface area contributed by atoms with Crippen molar-refractivity contribution in [3.8, 4) is 0 Å². The lowest BCUT2D eigenvalue weighted by atomic mass is 10.2. The van der Waals surface area contributed by atoms with Crippen molar-refractivity contribution in [2.24, 2.45) is 0 Å². The summed E-state index contributed by atoms with van der Waals surface area (Å²) in [6.45, 7) is 3.08. The van der Waals surface area contributed by atoms with E-state index in [0.717, 1.165) is 31.7 Å². The Morgan fingerprint density at radius 1 is 1.39 bits per heavy atom. The van der Waals surface area contributed by atoms with Crippen molar-refractivity contribution in [1.82, 2.24) is 9.62 Å². The van der Waals surface area contributed by atoms with Gasteiger partial charge in [0.25, 0.3) is 0 Å². The Kier molecular flexibility index (Phi) is 6.45. The molecule has 1 aliphatic heterocycles. The molecule has 0 bridgehead atoms. The van der Waals surface area contributed by atoms with Gasteiger partial charge in [-0.25, -0.2) is 13.1 Å². The Labute approximate surface area is 114 Å². The summed E-state index contributed by atoms with van der Waals surface area (Å²) in [5.74, 6) is 0.713. The first kappa shape index (κ1) is 15.8. The van der Waals surface area contributed by atoms with Crippen LogP contribution in [-0.2, 0) is 14.8 Å². The van der Waals surface area contributed by atoms with Gasteiger partial charge in [-0.3, -0.25) is 4.79 Å². The van der Waals surface area contributed by atoms with Crippen LogP contribution in [0.2, 0.25) is 0 Å². The minimum absolute atomic E-state index is 0.00997. The number of thioether (sulfide) groups is 1. The number of nitrogens with zero attached hydrogens (tertiary/aromatic N) is 1. The molecule has 0 aromatic rings. The van der Waals surface area contributed by atoms with E-state index in [-0.39, 0.29) is 11.7 Å². The molecule has 0 aliphatic carbocycles. The zero-order valence-corrected chi connectivity index (χ0v) is 12.6. The summed E-state index contributed by atoms with van der Waals surface area (Å²) in [6, 6.07) is -0.597. The molecule has 0 saturated carbocycles. The predicted octanol–water partition coefficient (Wildman–Crippen LogP) is 0.670. The highest BCUT2D eigenvalue weighted by molar-refractivity contribution is 7.98. The Morgan fingerprint density at radius 2 is 2.00 bits per heavy atom. The summed E-state index contributed by atoms with van der Waals surface area (Å²) in [7, 11) is -3.33. The second-order valence-electron chi connectivity index (χ2n) is 4.39.